The molecule has 0 saturated carbocycles. The fourth-order valence-electron chi connectivity index (χ4n) is 2.73. The fraction of sp³-hybridized carbons (Fsp3) is 0.667. The van der Waals surface area contributed by atoms with Crippen LogP contribution in [0.1, 0.15) is 54.0 Å². The van der Waals surface area contributed by atoms with E-state index in [2.05, 4.69) is 13.0 Å². The quantitative estimate of drug-likeness (QED) is 0.790. The Labute approximate surface area is 118 Å². The average Bonchev–Trinajstić information content (AvgIpc) is 2.82. The Kier molecular flexibility index (Phi) is 4.63. The van der Waals surface area contributed by atoms with Crippen LogP contribution in [0.25, 0.3) is 0 Å². The molecule has 106 valence electrons. The van der Waals surface area contributed by atoms with Gasteiger partial charge in [-0.15, -0.1) is 11.3 Å². The first-order chi connectivity index (χ1) is 9.06. The van der Waals surface area contributed by atoms with E-state index in [-0.39, 0.29) is 18.0 Å². The molecular weight excluding hydrogens is 260 g/mol. The molecule has 2 rings (SSSR count). The monoisotopic (exact) mass is 282 g/mol. The van der Waals surface area contributed by atoms with Crippen molar-refractivity contribution in [3.63, 3.8) is 0 Å². The molecule has 3 nitrogen and oxygen atoms in total. The Morgan fingerprint density at radius 1 is 1.47 bits per heavy atom. The maximum Gasteiger partial charge on any atom is 0.308 e. The minimum Gasteiger partial charge on any atom is -0.469 e. The van der Waals surface area contributed by atoms with E-state index in [1.807, 2.05) is 18.3 Å². The zero-order chi connectivity index (χ0) is 14.0. The summed E-state index contributed by atoms with van der Waals surface area (Å²) < 4.78 is 10.4. The number of hydrogen-bond acceptors (Lipinski definition) is 4. The third-order valence-electron chi connectivity index (χ3n) is 3.89. The minimum absolute atomic E-state index is 0.0820. The predicted octanol–water partition coefficient (Wildman–Crippen LogP) is 3.68. The van der Waals surface area contributed by atoms with Crippen LogP contribution in [0.15, 0.2) is 6.07 Å². The summed E-state index contributed by atoms with van der Waals surface area (Å²) in [6, 6.07) is 2.23. The molecule has 1 aromatic heterocycles. The van der Waals surface area contributed by atoms with E-state index in [4.69, 9.17) is 9.47 Å². The van der Waals surface area contributed by atoms with Crippen molar-refractivity contribution in [3.05, 3.63) is 21.4 Å². The second kappa shape index (κ2) is 6.06. The van der Waals surface area contributed by atoms with Gasteiger partial charge in [-0.05, 0) is 36.8 Å². The van der Waals surface area contributed by atoms with Crippen molar-refractivity contribution >= 4 is 17.3 Å². The molecule has 0 fully saturated rings. The lowest BCUT2D eigenvalue weighted by molar-refractivity contribution is -0.144. The number of carbonyl (C=O) groups is 1. The Morgan fingerprint density at radius 3 is 2.84 bits per heavy atom. The van der Waals surface area contributed by atoms with Crippen LogP contribution >= 0.6 is 11.3 Å². The van der Waals surface area contributed by atoms with Crippen LogP contribution in [0.2, 0.25) is 0 Å². The summed E-state index contributed by atoms with van der Waals surface area (Å²) in [6.45, 7) is 4.19. The van der Waals surface area contributed by atoms with E-state index in [0.29, 0.717) is 5.92 Å². The zero-order valence-corrected chi connectivity index (χ0v) is 12.9. The lowest BCUT2D eigenvalue weighted by atomic mass is 9.88. The fourth-order valence-corrected chi connectivity index (χ4v) is 4.16. The Balaban J connectivity index is 2.18. The van der Waals surface area contributed by atoms with E-state index in [0.717, 1.165) is 12.8 Å². The molecule has 3 unspecified atom stereocenters. The summed E-state index contributed by atoms with van der Waals surface area (Å²) in [5.74, 6) is 0.387. The molecule has 1 heterocycles. The summed E-state index contributed by atoms with van der Waals surface area (Å²) in [6.07, 6.45) is 3.25. The van der Waals surface area contributed by atoms with Crippen molar-refractivity contribution in [2.75, 3.05) is 14.2 Å². The molecule has 0 bridgehead atoms. The number of rotatable bonds is 4. The van der Waals surface area contributed by atoms with Crippen LogP contribution in [0.3, 0.4) is 0 Å². The summed E-state index contributed by atoms with van der Waals surface area (Å²) >= 11 is 1.83. The van der Waals surface area contributed by atoms with Crippen molar-refractivity contribution in [1.82, 2.24) is 0 Å². The third-order valence-corrected chi connectivity index (χ3v) is 5.30. The largest absolute Gasteiger partial charge is 0.469 e. The Hall–Kier alpha value is -0.870. The molecule has 0 spiro atoms. The van der Waals surface area contributed by atoms with E-state index in [1.54, 1.807) is 7.11 Å². The van der Waals surface area contributed by atoms with Gasteiger partial charge in [-0.2, -0.15) is 0 Å². The summed E-state index contributed by atoms with van der Waals surface area (Å²) in [4.78, 5) is 14.2. The van der Waals surface area contributed by atoms with Gasteiger partial charge in [-0.3, -0.25) is 4.79 Å². The predicted molar refractivity (Wildman–Crippen MR) is 76.6 cm³/mol. The highest BCUT2D eigenvalue weighted by atomic mass is 32.1. The molecular formula is C15H22O3S. The molecule has 0 radical (unpaired) electrons. The van der Waals surface area contributed by atoms with E-state index < -0.39 is 0 Å². The van der Waals surface area contributed by atoms with Crippen LogP contribution in [0.5, 0.6) is 0 Å². The van der Waals surface area contributed by atoms with Gasteiger partial charge in [0.2, 0.25) is 0 Å². The Morgan fingerprint density at radius 2 is 2.21 bits per heavy atom. The van der Waals surface area contributed by atoms with Crippen LogP contribution in [0.4, 0.5) is 0 Å². The molecule has 0 amide bonds. The normalized spacial score (nSPS) is 23.8. The topological polar surface area (TPSA) is 35.5 Å². The highest BCUT2D eigenvalue weighted by Crippen LogP contribution is 2.43. The molecule has 0 aliphatic heterocycles. The molecule has 0 saturated heterocycles. The molecule has 1 aromatic rings. The van der Waals surface area contributed by atoms with Gasteiger partial charge in [0.15, 0.2) is 0 Å². The molecule has 4 heteroatoms. The lowest BCUT2D eigenvalue weighted by Gasteiger charge is -2.25. The highest BCUT2D eigenvalue weighted by molar-refractivity contribution is 7.12. The van der Waals surface area contributed by atoms with Gasteiger partial charge >= 0.3 is 5.97 Å². The van der Waals surface area contributed by atoms with Gasteiger partial charge in [0.1, 0.15) is 0 Å². The standard InChI is InChI=1S/C15H22O3S/c1-9-5-6-13(17-3)12-8-11(19-14(9)12)7-10(2)15(16)18-4/h8-10,13H,5-7H2,1-4H3. The lowest BCUT2D eigenvalue weighted by Crippen LogP contribution is -2.14. The summed E-state index contributed by atoms with van der Waals surface area (Å²) in [7, 11) is 3.22. The SMILES string of the molecule is COC(=O)C(C)Cc1cc2c(s1)C(C)CCC2OC. The smallest absolute Gasteiger partial charge is 0.308 e. The first-order valence-electron chi connectivity index (χ1n) is 6.80. The van der Waals surface area contributed by atoms with Gasteiger partial charge < -0.3 is 9.47 Å². The molecule has 0 aromatic carbocycles. The zero-order valence-electron chi connectivity index (χ0n) is 12.1. The molecule has 0 N–H and O–H groups in total. The van der Waals surface area contributed by atoms with Crippen molar-refractivity contribution in [3.8, 4) is 0 Å². The van der Waals surface area contributed by atoms with Gasteiger partial charge in [0, 0.05) is 16.9 Å². The molecule has 19 heavy (non-hydrogen) atoms. The number of esters is 1. The molecule has 1 aliphatic carbocycles. The number of hydrogen-bond donors (Lipinski definition) is 0. The van der Waals surface area contributed by atoms with Crippen molar-refractivity contribution in [2.24, 2.45) is 5.92 Å². The molecule has 3 atom stereocenters. The maximum atomic E-state index is 11.5. The first kappa shape index (κ1) is 14.5. The van der Waals surface area contributed by atoms with Gasteiger partial charge in [-0.25, -0.2) is 0 Å². The van der Waals surface area contributed by atoms with E-state index in [1.165, 1.54) is 28.8 Å². The Bertz CT molecular complexity index is 452. The highest BCUT2D eigenvalue weighted by Gasteiger charge is 2.28. The van der Waals surface area contributed by atoms with Gasteiger partial charge in [0.25, 0.3) is 0 Å². The summed E-state index contributed by atoms with van der Waals surface area (Å²) in [5.41, 5.74) is 1.33. The molecule has 1 aliphatic rings. The van der Waals surface area contributed by atoms with Crippen LogP contribution in [0, 0.1) is 5.92 Å². The number of carbonyl (C=O) groups excluding carboxylic acids is 1. The van der Waals surface area contributed by atoms with E-state index >= 15 is 0 Å². The minimum atomic E-state index is -0.136. The van der Waals surface area contributed by atoms with Crippen LogP contribution in [-0.2, 0) is 20.7 Å². The van der Waals surface area contributed by atoms with Crippen LogP contribution < -0.4 is 0 Å². The van der Waals surface area contributed by atoms with Crippen LogP contribution in [-0.4, -0.2) is 20.2 Å². The van der Waals surface area contributed by atoms with Crippen molar-refractivity contribution < 1.29 is 14.3 Å². The van der Waals surface area contributed by atoms with E-state index in [9.17, 15) is 4.79 Å². The number of thiophene rings is 1. The number of fused-ring (bicyclic) bond motifs is 1. The number of methoxy groups -OCH3 is 2. The van der Waals surface area contributed by atoms with Crippen molar-refractivity contribution in [2.45, 2.75) is 45.1 Å². The van der Waals surface area contributed by atoms with Gasteiger partial charge in [-0.1, -0.05) is 13.8 Å². The van der Waals surface area contributed by atoms with Gasteiger partial charge in [0.05, 0.1) is 19.1 Å². The number of ether oxygens (including phenoxy) is 2. The maximum absolute atomic E-state index is 11.5. The second-order valence-corrected chi connectivity index (χ2v) is 6.53. The second-order valence-electron chi connectivity index (χ2n) is 5.36. The summed E-state index contributed by atoms with van der Waals surface area (Å²) in [5, 5.41) is 0. The van der Waals surface area contributed by atoms with Crippen molar-refractivity contribution in [1.29, 1.82) is 0 Å². The third kappa shape index (κ3) is 3.00. The first-order valence-corrected chi connectivity index (χ1v) is 7.61. The average molecular weight is 282 g/mol.